The maximum Gasteiger partial charge on any atom is 0.251 e. The van der Waals surface area contributed by atoms with E-state index >= 15 is 0 Å². The Labute approximate surface area is 73.7 Å². The molecule has 70 valence electrons. The van der Waals surface area contributed by atoms with Crippen molar-refractivity contribution in [3.8, 4) is 0 Å². The van der Waals surface area contributed by atoms with Crippen LogP contribution >= 0.6 is 0 Å². The second kappa shape index (κ2) is 3.44. The largest absolute Gasteiger partial charge is 0.372 e. The third kappa shape index (κ3) is 1.46. The van der Waals surface area contributed by atoms with E-state index in [1.165, 1.54) is 0 Å². The van der Waals surface area contributed by atoms with Gasteiger partial charge in [-0.1, -0.05) is 0 Å². The van der Waals surface area contributed by atoms with Gasteiger partial charge in [0.2, 0.25) is 0 Å². The number of carbonyl (C=O) groups is 1. The Bertz CT molecular complexity index is 173. The maximum absolute atomic E-state index is 11.6. The minimum Gasteiger partial charge on any atom is -0.372 e. The van der Waals surface area contributed by atoms with Gasteiger partial charge in [-0.15, -0.1) is 0 Å². The SMILES string of the molecule is COC(C)C(=O)N1C(C)CC1C. The van der Waals surface area contributed by atoms with Gasteiger partial charge in [-0.2, -0.15) is 0 Å². The summed E-state index contributed by atoms with van der Waals surface area (Å²) in [5, 5.41) is 0. The normalized spacial score (nSPS) is 31.2. The Hall–Kier alpha value is -0.570. The molecule has 1 heterocycles. The Morgan fingerprint density at radius 3 is 2.33 bits per heavy atom. The summed E-state index contributed by atoms with van der Waals surface area (Å²) < 4.78 is 4.97. The van der Waals surface area contributed by atoms with Crippen LogP contribution in [0.2, 0.25) is 0 Å². The molecule has 3 atom stereocenters. The van der Waals surface area contributed by atoms with Crippen LogP contribution in [-0.2, 0) is 9.53 Å². The van der Waals surface area contributed by atoms with Crippen molar-refractivity contribution in [2.24, 2.45) is 0 Å². The molecule has 1 aliphatic rings. The van der Waals surface area contributed by atoms with Crippen LogP contribution in [0, 0.1) is 0 Å². The van der Waals surface area contributed by atoms with Crippen molar-refractivity contribution in [3.63, 3.8) is 0 Å². The lowest BCUT2D eigenvalue weighted by atomic mass is 9.95. The second-order valence-electron chi connectivity index (χ2n) is 3.56. The van der Waals surface area contributed by atoms with Gasteiger partial charge in [0, 0.05) is 19.2 Å². The van der Waals surface area contributed by atoms with Crippen molar-refractivity contribution in [2.75, 3.05) is 7.11 Å². The van der Waals surface area contributed by atoms with E-state index in [1.807, 2.05) is 4.90 Å². The van der Waals surface area contributed by atoms with Gasteiger partial charge in [-0.3, -0.25) is 4.79 Å². The van der Waals surface area contributed by atoms with E-state index in [9.17, 15) is 4.79 Å². The molecule has 1 amide bonds. The molecule has 1 saturated heterocycles. The summed E-state index contributed by atoms with van der Waals surface area (Å²) >= 11 is 0. The Kier molecular flexibility index (Phi) is 2.73. The Morgan fingerprint density at radius 2 is 2.00 bits per heavy atom. The van der Waals surface area contributed by atoms with Crippen molar-refractivity contribution in [2.45, 2.75) is 45.4 Å². The topological polar surface area (TPSA) is 29.5 Å². The van der Waals surface area contributed by atoms with Gasteiger partial charge in [0.05, 0.1) is 0 Å². The summed E-state index contributed by atoms with van der Waals surface area (Å²) in [7, 11) is 1.57. The predicted molar refractivity (Wildman–Crippen MR) is 46.9 cm³/mol. The van der Waals surface area contributed by atoms with Gasteiger partial charge in [0.15, 0.2) is 0 Å². The highest BCUT2D eigenvalue weighted by Crippen LogP contribution is 2.25. The van der Waals surface area contributed by atoms with Crippen molar-refractivity contribution < 1.29 is 9.53 Å². The van der Waals surface area contributed by atoms with E-state index in [0.29, 0.717) is 12.1 Å². The number of amides is 1. The lowest BCUT2D eigenvalue weighted by Crippen LogP contribution is -2.58. The van der Waals surface area contributed by atoms with Gasteiger partial charge >= 0.3 is 0 Å². The average Bonchev–Trinajstić information content (AvgIpc) is 2.02. The molecule has 0 radical (unpaired) electrons. The van der Waals surface area contributed by atoms with Crippen molar-refractivity contribution in [1.82, 2.24) is 4.90 Å². The molecule has 0 saturated carbocycles. The van der Waals surface area contributed by atoms with Crippen LogP contribution in [0.1, 0.15) is 27.2 Å². The summed E-state index contributed by atoms with van der Waals surface area (Å²) in [6, 6.07) is 0.787. The van der Waals surface area contributed by atoms with Crippen LogP contribution in [0.5, 0.6) is 0 Å². The molecule has 1 rings (SSSR count). The predicted octanol–water partition coefficient (Wildman–Crippen LogP) is 1.03. The zero-order valence-electron chi connectivity index (χ0n) is 8.20. The lowest BCUT2D eigenvalue weighted by Gasteiger charge is -2.46. The minimum atomic E-state index is -0.296. The fraction of sp³-hybridized carbons (Fsp3) is 0.889. The number of nitrogens with zero attached hydrogens (tertiary/aromatic N) is 1. The molecule has 0 aliphatic carbocycles. The highest BCUT2D eigenvalue weighted by Gasteiger charge is 2.37. The fourth-order valence-corrected chi connectivity index (χ4v) is 1.76. The van der Waals surface area contributed by atoms with Crippen LogP contribution in [0.25, 0.3) is 0 Å². The number of ether oxygens (including phenoxy) is 1. The van der Waals surface area contributed by atoms with Gasteiger partial charge in [0.1, 0.15) is 6.10 Å². The fourth-order valence-electron chi connectivity index (χ4n) is 1.76. The molecule has 1 aliphatic heterocycles. The molecule has 0 bridgehead atoms. The first-order valence-electron chi connectivity index (χ1n) is 4.43. The first-order valence-corrected chi connectivity index (χ1v) is 4.43. The van der Waals surface area contributed by atoms with Crippen LogP contribution in [0.15, 0.2) is 0 Å². The van der Waals surface area contributed by atoms with E-state index < -0.39 is 0 Å². The van der Waals surface area contributed by atoms with Gasteiger partial charge in [-0.25, -0.2) is 0 Å². The molecular formula is C9H17NO2. The van der Waals surface area contributed by atoms with E-state index in [4.69, 9.17) is 4.74 Å². The van der Waals surface area contributed by atoms with Gasteiger partial charge in [-0.05, 0) is 27.2 Å². The molecule has 3 nitrogen and oxygen atoms in total. The molecule has 0 spiro atoms. The first-order chi connectivity index (χ1) is 5.57. The van der Waals surface area contributed by atoms with Gasteiger partial charge < -0.3 is 9.64 Å². The second-order valence-corrected chi connectivity index (χ2v) is 3.56. The summed E-state index contributed by atoms with van der Waals surface area (Å²) in [5.41, 5.74) is 0. The van der Waals surface area contributed by atoms with E-state index in [2.05, 4.69) is 13.8 Å². The molecule has 1 fully saturated rings. The summed E-state index contributed by atoms with van der Waals surface area (Å²) in [4.78, 5) is 13.5. The third-order valence-electron chi connectivity index (χ3n) is 2.59. The van der Waals surface area contributed by atoms with E-state index in [-0.39, 0.29) is 12.0 Å². The molecule has 0 aromatic heterocycles. The van der Waals surface area contributed by atoms with Crippen molar-refractivity contribution in [1.29, 1.82) is 0 Å². The number of methoxy groups -OCH3 is 1. The Balaban J connectivity index is 2.52. The smallest absolute Gasteiger partial charge is 0.251 e. The molecule has 0 aromatic rings. The van der Waals surface area contributed by atoms with Crippen LogP contribution in [0.4, 0.5) is 0 Å². The zero-order valence-corrected chi connectivity index (χ0v) is 8.20. The highest BCUT2D eigenvalue weighted by molar-refractivity contribution is 5.81. The van der Waals surface area contributed by atoms with Crippen molar-refractivity contribution >= 4 is 5.91 Å². The molecular weight excluding hydrogens is 154 g/mol. The van der Waals surface area contributed by atoms with Gasteiger partial charge in [0.25, 0.3) is 5.91 Å². The van der Waals surface area contributed by atoms with E-state index in [0.717, 1.165) is 6.42 Å². The van der Waals surface area contributed by atoms with Crippen molar-refractivity contribution in [3.05, 3.63) is 0 Å². The maximum atomic E-state index is 11.6. The molecule has 0 N–H and O–H groups in total. The number of rotatable bonds is 2. The zero-order chi connectivity index (χ0) is 9.30. The third-order valence-corrected chi connectivity index (χ3v) is 2.59. The minimum absolute atomic E-state index is 0.115. The first kappa shape index (κ1) is 9.52. The number of hydrogen-bond acceptors (Lipinski definition) is 2. The quantitative estimate of drug-likeness (QED) is 0.621. The Morgan fingerprint density at radius 1 is 1.50 bits per heavy atom. The number of likely N-dealkylation sites (tertiary alicyclic amines) is 1. The standard InChI is InChI=1S/C9H17NO2/c1-6-5-7(2)10(6)9(11)8(3)12-4/h6-8H,5H2,1-4H3. The molecule has 3 unspecified atom stereocenters. The van der Waals surface area contributed by atoms with Crippen LogP contribution < -0.4 is 0 Å². The monoisotopic (exact) mass is 171 g/mol. The van der Waals surface area contributed by atoms with Crippen LogP contribution in [-0.4, -0.2) is 36.1 Å². The molecule has 12 heavy (non-hydrogen) atoms. The molecule has 0 aromatic carbocycles. The summed E-state index contributed by atoms with van der Waals surface area (Å²) in [6.07, 6.45) is 0.817. The summed E-state index contributed by atoms with van der Waals surface area (Å²) in [6.45, 7) is 5.93. The van der Waals surface area contributed by atoms with E-state index in [1.54, 1.807) is 14.0 Å². The lowest BCUT2D eigenvalue weighted by molar-refractivity contribution is -0.153. The average molecular weight is 171 g/mol. The number of carbonyl (C=O) groups excluding carboxylic acids is 1. The molecule has 3 heteroatoms. The number of hydrogen-bond donors (Lipinski definition) is 0. The van der Waals surface area contributed by atoms with Crippen LogP contribution in [0.3, 0.4) is 0 Å². The summed E-state index contributed by atoms with van der Waals surface area (Å²) in [5.74, 6) is 0.115. The highest BCUT2D eigenvalue weighted by atomic mass is 16.5.